The second kappa shape index (κ2) is 8.16. The molecule has 0 fully saturated rings. The van der Waals surface area contributed by atoms with Crippen LogP contribution in [0.3, 0.4) is 0 Å². The molecular formula is C14H15ClFN3O2. The third kappa shape index (κ3) is 7.22. The van der Waals surface area contributed by atoms with Crippen LogP contribution in [0.2, 0.25) is 5.02 Å². The number of hydrogen-bond donors (Lipinski definition) is 2. The highest BCUT2D eigenvalue weighted by molar-refractivity contribution is 6.30. The van der Waals surface area contributed by atoms with E-state index in [1.54, 1.807) is 19.1 Å². The Morgan fingerprint density at radius 2 is 2.33 bits per heavy atom. The fraction of sp³-hybridized carbons (Fsp3) is 0.214. The average molecular weight is 312 g/mol. The molecule has 0 aliphatic carbocycles. The van der Waals surface area contributed by atoms with Crippen molar-refractivity contribution in [2.45, 2.75) is 13.3 Å². The number of ether oxygens (including phenoxy) is 1. The van der Waals surface area contributed by atoms with Crippen molar-refractivity contribution < 1.29 is 13.9 Å². The monoisotopic (exact) mass is 311 g/mol. The highest BCUT2D eigenvalue weighted by Crippen LogP contribution is 2.10. The molecule has 0 aliphatic rings. The van der Waals surface area contributed by atoms with E-state index in [1.807, 2.05) is 0 Å². The van der Waals surface area contributed by atoms with Gasteiger partial charge in [0.2, 0.25) is 0 Å². The van der Waals surface area contributed by atoms with Crippen molar-refractivity contribution in [3.8, 4) is 0 Å². The highest BCUT2D eigenvalue weighted by atomic mass is 35.5. The molecule has 0 aliphatic heterocycles. The maximum Gasteiger partial charge on any atom is 0.263 e. The highest BCUT2D eigenvalue weighted by Gasteiger charge is 2.07. The lowest BCUT2D eigenvalue weighted by molar-refractivity contribution is -0.118. The SMILES string of the molecule is C=C(F)/C=C(\C)CC(=N)OCC(=O)Nc1ccc(Cl)cn1. The first-order valence-electron chi connectivity index (χ1n) is 6.00. The molecule has 0 saturated carbocycles. The number of carbonyl (C=O) groups excluding carboxylic acids is 1. The lowest BCUT2D eigenvalue weighted by Gasteiger charge is -2.08. The molecule has 0 bridgehead atoms. The van der Waals surface area contributed by atoms with Gasteiger partial charge in [-0.2, -0.15) is 0 Å². The summed E-state index contributed by atoms with van der Waals surface area (Å²) in [6.07, 6.45) is 2.71. The van der Waals surface area contributed by atoms with E-state index in [0.717, 1.165) is 0 Å². The van der Waals surface area contributed by atoms with Gasteiger partial charge in [-0.25, -0.2) is 9.37 Å². The fourth-order valence-electron chi connectivity index (χ4n) is 1.40. The van der Waals surface area contributed by atoms with Gasteiger partial charge in [-0.1, -0.05) is 23.8 Å². The van der Waals surface area contributed by atoms with Gasteiger partial charge in [0.25, 0.3) is 5.91 Å². The Bertz CT molecular complexity index is 570. The molecule has 21 heavy (non-hydrogen) atoms. The summed E-state index contributed by atoms with van der Waals surface area (Å²) in [6.45, 7) is 4.41. The predicted molar refractivity (Wildman–Crippen MR) is 80.2 cm³/mol. The van der Waals surface area contributed by atoms with Crippen LogP contribution in [0.1, 0.15) is 13.3 Å². The zero-order valence-electron chi connectivity index (χ0n) is 11.5. The average Bonchev–Trinajstić information content (AvgIpc) is 2.38. The van der Waals surface area contributed by atoms with E-state index in [-0.39, 0.29) is 18.9 Å². The minimum absolute atomic E-state index is 0.107. The van der Waals surface area contributed by atoms with Gasteiger partial charge in [0.1, 0.15) is 11.6 Å². The number of allylic oxidation sites excluding steroid dienone is 2. The Hall–Kier alpha value is -2.21. The molecule has 2 N–H and O–H groups in total. The first-order chi connectivity index (χ1) is 9.86. The maximum atomic E-state index is 12.5. The number of hydrogen-bond acceptors (Lipinski definition) is 4. The zero-order valence-corrected chi connectivity index (χ0v) is 12.2. The lowest BCUT2D eigenvalue weighted by atomic mass is 10.2. The van der Waals surface area contributed by atoms with E-state index in [4.69, 9.17) is 21.7 Å². The van der Waals surface area contributed by atoms with Crippen LogP contribution in [0.4, 0.5) is 10.2 Å². The molecular weight excluding hydrogens is 297 g/mol. The molecule has 1 rings (SSSR count). The quantitative estimate of drug-likeness (QED) is 0.480. The summed E-state index contributed by atoms with van der Waals surface area (Å²) in [7, 11) is 0. The van der Waals surface area contributed by atoms with Crippen LogP contribution in [0.5, 0.6) is 0 Å². The van der Waals surface area contributed by atoms with E-state index in [1.165, 1.54) is 12.3 Å². The molecule has 1 aromatic rings. The van der Waals surface area contributed by atoms with Crippen molar-refractivity contribution in [3.63, 3.8) is 0 Å². The van der Waals surface area contributed by atoms with Crippen molar-refractivity contribution in [3.05, 3.63) is 47.4 Å². The minimum Gasteiger partial charge on any atom is -0.471 e. The number of nitrogens with zero attached hydrogens (tertiary/aromatic N) is 1. The molecule has 0 aromatic carbocycles. The molecule has 0 saturated heterocycles. The number of pyridine rings is 1. The van der Waals surface area contributed by atoms with Gasteiger partial charge >= 0.3 is 0 Å². The molecule has 0 radical (unpaired) electrons. The molecule has 1 aromatic heterocycles. The van der Waals surface area contributed by atoms with Crippen LogP contribution in [0.15, 0.2) is 42.4 Å². The predicted octanol–water partition coefficient (Wildman–Crippen LogP) is 3.49. The number of anilines is 1. The summed E-state index contributed by atoms with van der Waals surface area (Å²) in [4.78, 5) is 15.5. The molecule has 0 unspecified atom stereocenters. The summed E-state index contributed by atoms with van der Waals surface area (Å²) < 4.78 is 17.5. The van der Waals surface area contributed by atoms with Crippen LogP contribution < -0.4 is 5.32 Å². The Kier molecular flexibility index (Phi) is 6.55. The lowest BCUT2D eigenvalue weighted by Crippen LogP contribution is -2.21. The van der Waals surface area contributed by atoms with Gasteiger partial charge < -0.3 is 10.1 Å². The Labute approximate surface area is 127 Å². The van der Waals surface area contributed by atoms with Gasteiger partial charge in [0, 0.05) is 12.6 Å². The number of aromatic nitrogens is 1. The van der Waals surface area contributed by atoms with Gasteiger partial charge in [-0.15, -0.1) is 0 Å². The topological polar surface area (TPSA) is 75.1 Å². The molecule has 0 atom stereocenters. The Morgan fingerprint density at radius 1 is 1.62 bits per heavy atom. The number of carbonyl (C=O) groups is 1. The van der Waals surface area contributed by atoms with E-state index in [2.05, 4.69) is 16.9 Å². The largest absolute Gasteiger partial charge is 0.471 e. The zero-order chi connectivity index (χ0) is 15.8. The number of amides is 1. The Morgan fingerprint density at radius 3 is 2.90 bits per heavy atom. The molecule has 5 nitrogen and oxygen atoms in total. The van der Waals surface area contributed by atoms with Crippen molar-refractivity contribution >= 4 is 29.2 Å². The first-order valence-corrected chi connectivity index (χ1v) is 6.38. The van der Waals surface area contributed by atoms with E-state index < -0.39 is 11.7 Å². The molecule has 7 heteroatoms. The summed E-state index contributed by atoms with van der Waals surface area (Å²) in [5.74, 6) is -0.841. The molecule has 112 valence electrons. The molecule has 1 heterocycles. The van der Waals surface area contributed by atoms with Crippen molar-refractivity contribution in [1.82, 2.24) is 4.98 Å². The van der Waals surface area contributed by atoms with Crippen LogP contribution in [-0.2, 0) is 9.53 Å². The van der Waals surface area contributed by atoms with Crippen LogP contribution in [0.25, 0.3) is 0 Å². The summed E-state index contributed by atoms with van der Waals surface area (Å²) in [6, 6.07) is 3.14. The number of nitrogens with one attached hydrogen (secondary N) is 2. The van der Waals surface area contributed by atoms with Gasteiger partial charge in [0.15, 0.2) is 12.5 Å². The van der Waals surface area contributed by atoms with E-state index in [0.29, 0.717) is 16.4 Å². The van der Waals surface area contributed by atoms with Gasteiger partial charge in [0.05, 0.1) is 5.02 Å². The van der Waals surface area contributed by atoms with E-state index in [9.17, 15) is 9.18 Å². The minimum atomic E-state index is -0.591. The first kappa shape index (κ1) is 16.8. The normalized spacial score (nSPS) is 10.9. The van der Waals surface area contributed by atoms with Gasteiger partial charge in [-0.05, 0) is 25.1 Å². The van der Waals surface area contributed by atoms with Gasteiger partial charge in [-0.3, -0.25) is 10.2 Å². The van der Waals surface area contributed by atoms with Crippen LogP contribution >= 0.6 is 11.6 Å². The summed E-state index contributed by atoms with van der Waals surface area (Å²) >= 11 is 5.67. The number of rotatable bonds is 6. The molecule has 0 spiro atoms. The molecule has 1 amide bonds. The van der Waals surface area contributed by atoms with Crippen molar-refractivity contribution in [2.24, 2.45) is 0 Å². The van der Waals surface area contributed by atoms with Crippen molar-refractivity contribution in [2.75, 3.05) is 11.9 Å². The smallest absolute Gasteiger partial charge is 0.263 e. The second-order valence-corrected chi connectivity index (χ2v) is 4.67. The Balaban J connectivity index is 2.37. The summed E-state index contributed by atoms with van der Waals surface area (Å²) in [5.41, 5.74) is 0.576. The fourth-order valence-corrected chi connectivity index (χ4v) is 1.52. The third-order valence-electron chi connectivity index (χ3n) is 2.21. The van der Waals surface area contributed by atoms with Crippen LogP contribution in [0, 0.1) is 5.41 Å². The van der Waals surface area contributed by atoms with E-state index >= 15 is 0 Å². The summed E-state index contributed by atoms with van der Waals surface area (Å²) in [5, 5.41) is 10.5. The standard InChI is InChI=1S/C14H15ClFN3O2/c1-9(5-10(2)16)6-12(17)21-8-14(20)19-13-4-3-11(15)7-18-13/h3-5,7,17H,2,6,8H2,1H3,(H,18,19,20)/b9-5+,17-12?. The third-order valence-corrected chi connectivity index (χ3v) is 2.44. The number of halogens is 2. The second-order valence-electron chi connectivity index (χ2n) is 4.24. The van der Waals surface area contributed by atoms with Crippen molar-refractivity contribution in [1.29, 1.82) is 5.41 Å². The van der Waals surface area contributed by atoms with Crippen LogP contribution in [-0.4, -0.2) is 23.4 Å². The maximum absolute atomic E-state index is 12.5.